The summed E-state index contributed by atoms with van der Waals surface area (Å²) in [6.45, 7) is 7.02. The zero-order valence-corrected chi connectivity index (χ0v) is 9.00. The van der Waals surface area contributed by atoms with Gasteiger partial charge in [0.25, 0.3) is 0 Å². The van der Waals surface area contributed by atoms with E-state index in [1.54, 1.807) is 4.90 Å². The van der Waals surface area contributed by atoms with Crippen LogP contribution in [0.3, 0.4) is 0 Å². The monoisotopic (exact) mass is 199 g/mol. The van der Waals surface area contributed by atoms with Gasteiger partial charge in [-0.25, -0.2) is 0 Å². The zero-order valence-electron chi connectivity index (χ0n) is 9.00. The number of morpholine rings is 1. The molecule has 1 saturated heterocycles. The van der Waals surface area contributed by atoms with Gasteiger partial charge in [-0.1, -0.05) is 0 Å². The van der Waals surface area contributed by atoms with Gasteiger partial charge >= 0.3 is 0 Å². The molecular formula is C10H17NO3. The van der Waals surface area contributed by atoms with Gasteiger partial charge in [0.2, 0.25) is 5.91 Å². The predicted molar refractivity (Wildman–Crippen MR) is 51.9 cm³/mol. The molecule has 0 aromatic carbocycles. The Balaban J connectivity index is 2.64. The second kappa shape index (κ2) is 4.09. The maximum atomic E-state index is 11.7. The van der Waals surface area contributed by atoms with Crippen LogP contribution in [0.25, 0.3) is 0 Å². The van der Waals surface area contributed by atoms with Gasteiger partial charge in [-0.3, -0.25) is 9.59 Å². The van der Waals surface area contributed by atoms with Crippen LogP contribution in [-0.2, 0) is 14.3 Å². The van der Waals surface area contributed by atoms with Crippen molar-refractivity contribution in [1.82, 2.24) is 4.90 Å². The first kappa shape index (κ1) is 11.2. The molecule has 0 aromatic rings. The van der Waals surface area contributed by atoms with Crippen LogP contribution in [-0.4, -0.2) is 41.9 Å². The van der Waals surface area contributed by atoms with Crippen LogP contribution in [0.4, 0.5) is 0 Å². The largest absolute Gasteiger partial charge is 0.377 e. The van der Waals surface area contributed by atoms with E-state index in [1.807, 2.05) is 13.8 Å². The fourth-order valence-electron chi connectivity index (χ4n) is 1.63. The molecule has 1 fully saturated rings. The molecule has 0 N–H and O–H groups in total. The molecular weight excluding hydrogens is 182 g/mol. The van der Waals surface area contributed by atoms with Gasteiger partial charge in [-0.2, -0.15) is 0 Å². The minimum Gasteiger partial charge on any atom is -0.377 e. The Labute approximate surface area is 84.2 Å². The van der Waals surface area contributed by atoms with Crippen molar-refractivity contribution in [3.8, 4) is 0 Å². The Morgan fingerprint density at radius 2 is 2.07 bits per heavy atom. The van der Waals surface area contributed by atoms with E-state index in [4.69, 9.17) is 4.74 Å². The van der Waals surface area contributed by atoms with Gasteiger partial charge in [0.05, 0.1) is 25.2 Å². The molecule has 4 nitrogen and oxygen atoms in total. The molecule has 0 atom stereocenters. The second-order valence-electron chi connectivity index (χ2n) is 4.29. The molecule has 1 aliphatic heterocycles. The van der Waals surface area contributed by atoms with E-state index in [1.165, 1.54) is 6.92 Å². The highest BCUT2D eigenvalue weighted by atomic mass is 16.5. The molecule has 0 radical (unpaired) electrons. The fraction of sp³-hybridized carbons (Fsp3) is 0.800. The third-order valence-electron chi connectivity index (χ3n) is 2.35. The fourth-order valence-corrected chi connectivity index (χ4v) is 1.63. The van der Waals surface area contributed by atoms with Gasteiger partial charge in [0, 0.05) is 6.54 Å². The lowest BCUT2D eigenvalue weighted by molar-refractivity contribution is -0.147. The van der Waals surface area contributed by atoms with E-state index < -0.39 is 0 Å². The van der Waals surface area contributed by atoms with Gasteiger partial charge in [-0.05, 0) is 20.8 Å². The van der Waals surface area contributed by atoms with Crippen LogP contribution in [0.2, 0.25) is 0 Å². The van der Waals surface area contributed by atoms with E-state index in [2.05, 4.69) is 0 Å². The van der Waals surface area contributed by atoms with Crippen molar-refractivity contribution in [2.45, 2.75) is 32.7 Å². The Hall–Kier alpha value is -0.900. The number of amides is 1. The lowest BCUT2D eigenvalue weighted by Crippen LogP contribution is -2.55. The van der Waals surface area contributed by atoms with E-state index in [-0.39, 0.29) is 23.7 Å². The van der Waals surface area contributed by atoms with Crippen molar-refractivity contribution in [3.63, 3.8) is 0 Å². The summed E-state index contributed by atoms with van der Waals surface area (Å²) in [5, 5.41) is 0. The first-order valence-corrected chi connectivity index (χ1v) is 4.81. The predicted octanol–water partition coefficient (Wildman–Crippen LogP) is 0.603. The van der Waals surface area contributed by atoms with Crippen molar-refractivity contribution in [2.75, 3.05) is 19.8 Å². The molecule has 14 heavy (non-hydrogen) atoms. The van der Waals surface area contributed by atoms with E-state index >= 15 is 0 Å². The van der Waals surface area contributed by atoms with E-state index in [0.717, 1.165) is 0 Å². The molecule has 1 amide bonds. The number of nitrogens with zero attached hydrogens (tertiary/aromatic N) is 1. The first-order chi connectivity index (χ1) is 6.43. The van der Waals surface area contributed by atoms with Gasteiger partial charge in [0.1, 0.15) is 5.78 Å². The molecule has 0 spiro atoms. The summed E-state index contributed by atoms with van der Waals surface area (Å²) in [6, 6.07) is 0. The number of carbonyl (C=O) groups excluding carboxylic acids is 2. The van der Waals surface area contributed by atoms with E-state index in [0.29, 0.717) is 19.8 Å². The Kier molecular flexibility index (Phi) is 3.26. The molecule has 0 unspecified atom stereocenters. The molecule has 4 heteroatoms. The number of ketones is 1. The van der Waals surface area contributed by atoms with Crippen LogP contribution in [0, 0.1) is 0 Å². The Morgan fingerprint density at radius 3 is 2.57 bits per heavy atom. The van der Waals surface area contributed by atoms with Crippen molar-refractivity contribution in [3.05, 3.63) is 0 Å². The summed E-state index contributed by atoms with van der Waals surface area (Å²) < 4.78 is 5.29. The summed E-state index contributed by atoms with van der Waals surface area (Å²) in [6.07, 6.45) is 0.00340. The van der Waals surface area contributed by atoms with Gasteiger partial charge in [-0.15, -0.1) is 0 Å². The minimum atomic E-state index is -0.287. The third-order valence-corrected chi connectivity index (χ3v) is 2.35. The summed E-state index contributed by atoms with van der Waals surface area (Å²) in [4.78, 5) is 24.2. The molecule has 0 aliphatic carbocycles. The molecule has 0 aromatic heterocycles. The number of Topliss-reactive ketones (excluding diaryl/α,β-unsaturated/α-hetero) is 1. The molecule has 1 rings (SSSR count). The lowest BCUT2D eigenvalue weighted by Gasteiger charge is -2.42. The van der Waals surface area contributed by atoms with Crippen LogP contribution >= 0.6 is 0 Å². The van der Waals surface area contributed by atoms with Crippen molar-refractivity contribution < 1.29 is 14.3 Å². The number of rotatable bonds is 2. The number of hydrogen-bond acceptors (Lipinski definition) is 3. The number of carbonyl (C=O) groups is 2. The highest BCUT2D eigenvalue weighted by Crippen LogP contribution is 2.19. The maximum Gasteiger partial charge on any atom is 0.230 e. The maximum absolute atomic E-state index is 11.7. The van der Waals surface area contributed by atoms with E-state index in [9.17, 15) is 9.59 Å². The number of hydrogen-bond donors (Lipinski definition) is 0. The molecule has 1 heterocycles. The number of ether oxygens (including phenoxy) is 1. The van der Waals surface area contributed by atoms with Crippen molar-refractivity contribution in [2.24, 2.45) is 0 Å². The Bertz CT molecular complexity index is 248. The summed E-state index contributed by atoms with van der Waals surface area (Å²) in [5.74, 6) is -0.178. The average molecular weight is 199 g/mol. The second-order valence-corrected chi connectivity index (χ2v) is 4.29. The quantitative estimate of drug-likeness (QED) is 0.612. The molecule has 0 bridgehead atoms. The summed E-state index contributed by atoms with van der Waals surface area (Å²) in [5.41, 5.74) is -0.287. The zero-order chi connectivity index (χ0) is 10.8. The SMILES string of the molecule is CC(=O)CC(=O)N1CCOCC1(C)C. The van der Waals surface area contributed by atoms with Gasteiger partial charge in [0.15, 0.2) is 0 Å². The van der Waals surface area contributed by atoms with Crippen molar-refractivity contribution in [1.29, 1.82) is 0 Å². The topological polar surface area (TPSA) is 46.6 Å². The van der Waals surface area contributed by atoms with Gasteiger partial charge < -0.3 is 9.64 Å². The first-order valence-electron chi connectivity index (χ1n) is 4.81. The highest BCUT2D eigenvalue weighted by molar-refractivity contribution is 5.97. The van der Waals surface area contributed by atoms with Crippen LogP contribution in [0.5, 0.6) is 0 Å². The Morgan fingerprint density at radius 1 is 1.43 bits per heavy atom. The highest BCUT2D eigenvalue weighted by Gasteiger charge is 2.33. The lowest BCUT2D eigenvalue weighted by atomic mass is 10.0. The standard InChI is InChI=1S/C10H17NO3/c1-8(12)6-9(13)11-4-5-14-7-10(11,2)3/h4-7H2,1-3H3. The minimum absolute atomic E-state index is 0.00340. The van der Waals surface area contributed by atoms with Crippen LogP contribution in [0.15, 0.2) is 0 Å². The summed E-state index contributed by atoms with van der Waals surface area (Å²) in [7, 11) is 0. The van der Waals surface area contributed by atoms with Crippen molar-refractivity contribution >= 4 is 11.7 Å². The smallest absolute Gasteiger partial charge is 0.230 e. The average Bonchev–Trinajstić information content (AvgIpc) is 2.01. The molecule has 80 valence electrons. The normalized spacial score (nSPS) is 20.6. The molecule has 0 saturated carbocycles. The molecule has 1 aliphatic rings. The summed E-state index contributed by atoms with van der Waals surface area (Å²) >= 11 is 0. The van der Waals surface area contributed by atoms with Crippen LogP contribution < -0.4 is 0 Å². The third kappa shape index (κ3) is 2.54. The van der Waals surface area contributed by atoms with Crippen LogP contribution in [0.1, 0.15) is 27.2 Å².